The molecule has 1 aliphatic carbocycles. The predicted octanol–water partition coefficient (Wildman–Crippen LogP) is 4.18. The van der Waals surface area contributed by atoms with Crippen molar-refractivity contribution in [1.82, 2.24) is 4.98 Å². The maximum absolute atomic E-state index is 12.0. The Morgan fingerprint density at radius 3 is 2.91 bits per heavy atom. The minimum absolute atomic E-state index is 0.149. The van der Waals surface area contributed by atoms with Crippen LogP contribution in [0.5, 0.6) is 0 Å². The van der Waals surface area contributed by atoms with E-state index in [0.29, 0.717) is 18.1 Å². The molecule has 0 aliphatic heterocycles. The summed E-state index contributed by atoms with van der Waals surface area (Å²) in [6.45, 7) is 0. The number of aliphatic carboxylic acids is 1. The third-order valence-electron chi connectivity index (χ3n) is 4.25. The highest BCUT2D eigenvalue weighted by Crippen LogP contribution is 2.34. The van der Waals surface area contributed by atoms with Crippen molar-refractivity contribution in [3.63, 3.8) is 0 Å². The number of hydrogen-bond acceptors (Lipinski definition) is 4. The number of carboxylic acids is 1. The molecule has 1 aromatic heterocycles. The number of aromatic nitrogens is 1. The van der Waals surface area contributed by atoms with Crippen molar-refractivity contribution in [2.24, 2.45) is 11.8 Å². The maximum atomic E-state index is 12.0. The van der Waals surface area contributed by atoms with E-state index < -0.39 is 5.97 Å². The molecule has 120 valence electrons. The molecule has 22 heavy (non-hydrogen) atoms. The maximum Gasteiger partial charge on any atom is 0.303 e. The fourth-order valence-electron chi connectivity index (χ4n) is 3.06. The van der Waals surface area contributed by atoms with E-state index in [2.05, 4.69) is 11.1 Å². The number of rotatable bonds is 9. The van der Waals surface area contributed by atoms with Crippen LogP contribution < -0.4 is 0 Å². The Balaban J connectivity index is 1.73. The van der Waals surface area contributed by atoms with Crippen LogP contribution in [0.3, 0.4) is 0 Å². The van der Waals surface area contributed by atoms with E-state index in [9.17, 15) is 9.59 Å². The standard InChI is InChI=1S/C17H23NO3S/c19-15-9-7-13(8-10-16-18-11-12-22-16)14(15)5-3-1-2-4-6-17(20)21/h8,10-14H,1-7,9H2,(H,20,21). The molecule has 2 rings (SSSR count). The van der Waals surface area contributed by atoms with E-state index in [1.807, 2.05) is 11.5 Å². The van der Waals surface area contributed by atoms with Gasteiger partial charge in [0.05, 0.1) is 0 Å². The summed E-state index contributed by atoms with van der Waals surface area (Å²) in [5.74, 6) is 0.156. The summed E-state index contributed by atoms with van der Waals surface area (Å²) in [4.78, 5) is 26.7. The van der Waals surface area contributed by atoms with Gasteiger partial charge in [-0.3, -0.25) is 9.59 Å². The van der Waals surface area contributed by atoms with E-state index in [1.54, 1.807) is 17.5 Å². The molecule has 2 unspecified atom stereocenters. The second-order valence-electron chi connectivity index (χ2n) is 5.85. The Bertz CT molecular complexity index is 510. The van der Waals surface area contributed by atoms with Gasteiger partial charge < -0.3 is 5.11 Å². The number of nitrogens with zero attached hydrogens (tertiary/aromatic N) is 1. The van der Waals surface area contributed by atoms with Gasteiger partial charge in [0.25, 0.3) is 0 Å². The lowest BCUT2D eigenvalue weighted by Crippen LogP contribution is -2.13. The average molecular weight is 321 g/mol. The number of thiazole rings is 1. The highest BCUT2D eigenvalue weighted by molar-refractivity contribution is 7.10. The summed E-state index contributed by atoms with van der Waals surface area (Å²) >= 11 is 1.61. The van der Waals surface area contributed by atoms with Crippen LogP contribution in [-0.2, 0) is 9.59 Å². The summed E-state index contributed by atoms with van der Waals surface area (Å²) in [6.07, 6.45) is 12.5. The van der Waals surface area contributed by atoms with Gasteiger partial charge in [-0.1, -0.05) is 25.3 Å². The van der Waals surface area contributed by atoms with Crippen LogP contribution in [0.15, 0.2) is 17.7 Å². The van der Waals surface area contributed by atoms with E-state index in [0.717, 1.165) is 43.5 Å². The number of carbonyl (C=O) groups is 2. The lowest BCUT2D eigenvalue weighted by Gasteiger charge is -2.14. The highest BCUT2D eigenvalue weighted by Gasteiger charge is 2.32. The molecule has 0 aromatic carbocycles. The SMILES string of the molecule is O=C(O)CCCCCCC1C(=O)CCC1C=Cc1nccs1. The molecule has 1 heterocycles. The van der Waals surface area contributed by atoms with Gasteiger partial charge in [0.1, 0.15) is 10.8 Å². The minimum Gasteiger partial charge on any atom is -0.481 e. The van der Waals surface area contributed by atoms with Gasteiger partial charge in [0.2, 0.25) is 0 Å². The van der Waals surface area contributed by atoms with Gasteiger partial charge in [0.15, 0.2) is 0 Å². The quantitative estimate of drug-likeness (QED) is 0.693. The van der Waals surface area contributed by atoms with Gasteiger partial charge in [0, 0.05) is 30.3 Å². The first-order chi connectivity index (χ1) is 10.7. The Kier molecular flexibility index (Phi) is 6.77. The Morgan fingerprint density at radius 2 is 2.18 bits per heavy atom. The van der Waals surface area contributed by atoms with Crippen molar-refractivity contribution in [2.45, 2.75) is 51.4 Å². The van der Waals surface area contributed by atoms with Crippen LogP contribution in [0.4, 0.5) is 0 Å². The number of carbonyl (C=O) groups excluding carboxylic acids is 1. The molecule has 1 aromatic rings. The van der Waals surface area contributed by atoms with Gasteiger partial charge in [-0.25, -0.2) is 4.98 Å². The average Bonchev–Trinajstić information content (AvgIpc) is 3.11. The lowest BCUT2D eigenvalue weighted by atomic mass is 9.89. The van der Waals surface area contributed by atoms with E-state index in [4.69, 9.17) is 5.11 Å². The zero-order valence-electron chi connectivity index (χ0n) is 12.7. The van der Waals surface area contributed by atoms with Crippen LogP contribution in [0.2, 0.25) is 0 Å². The van der Waals surface area contributed by atoms with Crippen molar-refractivity contribution < 1.29 is 14.7 Å². The summed E-state index contributed by atoms with van der Waals surface area (Å²) < 4.78 is 0. The fraction of sp³-hybridized carbons (Fsp3) is 0.588. The fourth-order valence-corrected chi connectivity index (χ4v) is 3.60. The van der Waals surface area contributed by atoms with Crippen LogP contribution in [0, 0.1) is 11.8 Å². The molecule has 1 saturated carbocycles. The number of carboxylic acid groups (broad SMARTS) is 1. The van der Waals surface area contributed by atoms with E-state index in [1.165, 1.54) is 0 Å². The second-order valence-corrected chi connectivity index (χ2v) is 6.78. The van der Waals surface area contributed by atoms with Crippen LogP contribution >= 0.6 is 11.3 Å². The van der Waals surface area contributed by atoms with Crippen LogP contribution in [0.25, 0.3) is 6.08 Å². The van der Waals surface area contributed by atoms with E-state index >= 15 is 0 Å². The topological polar surface area (TPSA) is 67.3 Å². The Labute approximate surface area is 135 Å². The third-order valence-corrected chi connectivity index (χ3v) is 4.99. The van der Waals surface area contributed by atoms with Gasteiger partial charge >= 0.3 is 5.97 Å². The number of Topliss-reactive ketones (excluding diaryl/α,β-unsaturated/α-hetero) is 1. The first kappa shape index (κ1) is 16.9. The van der Waals surface area contributed by atoms with Gasteiger partial charge in [-0.05, 0) is 31.3 Å². The van der Waals surface area contributed by atoms with Crippen molar-refractivity contribution in [2.75, 3.05) is 0 Å². The molecule has 0 bridgehead atoms. The molecule has 1 N–H and O–H groups in total. The molecular weight excluding hydrogens is 298 g/mol. The third kappa shape index (κ3) is 5.37. The second kappa shape index (κ2) is 8.83. The first-order valence-corrected chi connectivity index (χ1v) is 8.87. The number of allylic oxidation sites excluding steroid dienone is 1. The summed E-state index contributed by atoms with van der Waals surface area (Å²) in [5.41, 5.74) is 0. The minimum atomic E-state index is -0.724. The number of hydrogen-bond donors (Lipinski definition) is 1. The van der Waals surface area contributed by atoms with Gasteiger partial charge in [-0.15, -0.1) is 11.3 Å². The summed E-state index contributed by atoms with van der Waals surface area (Å²) in [6, 6.07) is 0. The van der Waals surface area contributed by atoms with Crippen molar-refractivity contribution in [3.8, 4) is 0 Å². The Morgan fingerprint density at radius 1 is 1.36 bits per heavy atom. The number of ketones is 1. The molecular formula is C17H23NO3S. The molecule has 1 fully saturated rings. The summed E-state index contributed by atoms with van der Waals surface area (Å²) in [7, 11) is 0. The van der Waals surface area contributed by atoms with Crippen molar-refractivity contribution in [1.29, 1.82) is 0 Å². The molecule has 5 heteroatoms. The molecule has 1 aliphatic rings. The van der Waals surface area contributed by atoms with E-state index in [-0.39, 0.29) is 12.3 Å². The predicted molar refractivity (Wildman–Crippen MR) is 87.7 cm³/mol. The molecule has 0 amide bonds. The van der Waals surface area contributed by atoms with Crippen LogP contribution in [-0.4, -0.2) is 21.8 Å². The van der Waals surface area contributed by atoms with Crippen molar-refractivity contribution >= 4 is 29.2 Å². The zero-order chi connectivity index (χ0) is 15.8. The molecule has 0 saturated heterocycles. The first-order valence-electron chi connectivity index (χ1n) is 7.99. The molecule has 0 radical (unpaired) electrons. The smallest absolute Gasteiger partial charge is 0.303 e. The Hall–Kier alpha value is -1.49. The number of unbranched alkanes of at least 4 members (excludes halogenated alkanes) is 3. The zero-order valence-corrected chi connectivity index (χ0v) is 13.6. The highest BCUT2D eigenvalue weighted by atomic mass is 32.1. The normalized spacial score (nSPS) is 21.7. The molecule has 2 atom stereocenters. The van der Waals surface area contributed by atoms with Crippen molar-refractivity contribution in [3.05, 3.63) is 22.7 Å². The van der Waals surface area contributed by atoms with Gasteiger partial charge in [-0.2, -0.15) is 0 Å². The van der Waals surface area contributed by atoms with Crippen LogP contribution in [0.1, 0.15) is 56.4 Å². The molecule has 0 spiro atoms. The molecule has 4 nitrogen and oxygen atoms in total. The summed E-state index contributed by atoms with van der Waals surface area (Å²) in [5, 5.41) is 11.5. The largest absolute Gasteiger partial charge is 0.481 e. The lowest BCUT2D eigenvalue weighted by molar-refractivity contribution is -0.137. The monoisotopic (exact) mass is 321 g/mol.